The molecule has 28 heavy (non-hydrogen) atoms. The number of benzene rings is 2. The number of aromatic amines is 1. The van der Waals surface area contributed by atoms with Crippen LogP contribution in [0.15, 0.2) is 65.5 Å². The molecule has 1 fully saturated rings. The van der Waals surface area contributed by atoms with E-state index >= 15 is 0 Å². The zero-order chi connectivity index (χ0) is 19.3. The van der Waals surface area contributed by atoms with Crippen LogP contribution in [0.1, 0.15) is 22.4 Å². The molecule has 2 aromatic carbocycles. The molecule has 1 aliphatic heterocycles. The first-order valence-electron chi connectivity index (χ1n) is 9.84. The van der Waals surface area contributed by atoms with E-state index in [1.165, 1.54) is 5.56 Å². The molecule has 0 bridgehead atoms. The van der Waals surface area contributed by atoms with Gasteiger partial charge in [-0.1, -0.05) is 60.7 Å². The highest BCUT2D eigenvalue weighted by Crippen LogP contribution is 2.15. The minimum atomic E-state index is -0.0296. The van der Waals surface area contributed by atoms with Crippen molar-refractivity contribution in [3.63, 3.8) is 0 Å². The topological polar surface area (TPSA) is 52.2 Å². The summed E-state index contributed by atoms with van der Waals surface area (Å²) in [6, 6.07) is 20.6. The van der Waals surface area contributed by atoms with E-state index in [0.29, 0.717) is 12.4 Å². The number of aryl methyl sites for hydroxylation is 1. The van der Waals surface area contributed by atoms with E-state index < -0.39 is 0 Å². The fourth-order valence-corrected chi connectivity index (χ4v) is 3.71. The average Bonchev–Trinajstić information content (AvgIpc) is 2.73. The summed E-state index contributed by atoms with van der Waals surface area (Å²) in [7, 11) is 0. The van der Waals surface area contributed by atoms with Crippen LogP contribution < -0.4 is 10.5 Å². The first-order chi connectivity index (χ1) is 13.7. The van der Waals surface area contributed by atoms with Gasteiger partial charge in [-0.05, 0) is 18.1 Å². The molecule has 2 heterocycles. The van der Waals surface area contributed by atoms with Crippen LogP contribution >= 0.6 is 0 Å². The van der Waals surface area contributed by atoms with Gasteiger partial charge < -0.3 is 4.90 Å². The van der Waals surface area contributed by atoms with Crippen LogP contribution in [0.3, 0.4) is 0 Å². The van der Waals surface area contributed by atoms with E-state index in [0.717, 1.165) is 49.5 Å². The van der Waals surface area contributed by atoms with Crippen molar-refractivity contribution in [2.24, 2.45) is 0 Å². The number of nitrogens with zero attached hydrogens (tertiary/aromatic N) is 3. The summed E-state index contributed by atoms with van der Waals surface area (Å²) in [4.78, 5) is 25.0. The number of anilines is 1. The van der Waals surface area contributed by atoms with Gasteiger partial charge in [0.25, 0.3) is 5.56 Å². The van der Waals surface area contributed by atoms with Crippen LogP contribution in [0.2, 0.25) is 0 Å². The van der Waals surface area contributed by atoms with E-state index in [1.807, 2.05) is 43.3 Å². The highest BCUT2D eigenvalue weighted by molar-refractivity contribution is 5.36. The summed E-state index contributed by atoms with van der Waals surface area (Å²) in [5.74, 6) is 0.693. The largest absolute Gasteiger partial charge is 0.340 e. The predicted octanol–water partition coefficient (Wildman–Crippen LogP) is 2.99. The van der Waals surface area contributed by atoms with Gasteiger partial charge in [-0.3, -0.25) is 14.7 Å². The second-order valence-corrected chi connectivity index (χ2v) is 7.36. The molecule has 1 saturated heterocycles. The minimum absolute atomic E-state index is 0.0296. The van der Waals surface area contributed by atoms with E-state index in [1.54, 1.807) is 0 Å². The molecule has 1 aromatic heterocycles. The Bertz CT molecular complexity index is 961. The lowest BCUT2D eigenvalue weighted by Gasteiger charge is -2.35. The lowest BCUT2D eigenvalue weighted by molar-refractivity contribution is 0.248. The van der Waals surface area contributed by atoms with Crippen LogP contribution in [0.25, 0.3) is 0 Å². The van der Waals surface area contributed by atoms with Crippen LogP contribution in [0.4, 0.5) is 5.95 Å². The Labute approximate surface area is 165 Å². The molecule has 0 radical (unpaired) electrons. The molecule has 144 valence electrons. The van der Waals surface area contributed by atoms with Gasteiger partial charge >= 0.3 is 0 Å². The monoisotopic (exact) mass is 374 g/mol. The maximum Gasteiger partial charge on any atom is 0.256 e. The van der Waals surface area contributed by atoms with Crippen molar-refractivity contribution in [1.29, 1.82) is 0 Å². The summed E-state index contributed by atoms with van der Waals surface area (Å²) in [5.41, 5.74) is 3.99. The van der Waals surface area contributed by atoms with Crippen molar-refractivity contribution in [1.82, 2.24) is 14.9 Å². The van der Waals surface area contributed by atoms with Gasteiger partial charge in [0, 0.05) is 44.7 Å². The van der Waals surface area contributed by atoms with Crippen molar-refractivity contribution in [2.75, 3.05) is 31.1 Å². The van der Waals surface area contributed by atoms with Gasteiger partial charge in [0.15, 0.2) is 0 Å². The molecule has 1 aliphatic rings. The molecule has 5 nitrogen and oxygen atoms in total. The van der Waals surface area contributed by atoms with Crippen LogP contribution in [-0.4, -0.2) is 41.0 Å². The SMILES string of the molecule is Cc1nc(N2CCN(Cc3ccccc3)CC2)[nH]c(=O)c1Cc1ccccc1. The van der Waals surface area contributed by atoms with Gasteiger partial charge in [-0.2, -0.15) is 0 Å². The third-order valence-electron chi connectivity index (χ3n) is 5.35. The standard InChI is InChI=1S/C23H26N4O/c1-18-21(16-19-8-4-2-5-9-19)22(28)25-23(24-18)27-14-12-26(13-15-27)17-20-10-6-3-7-11-20/h2-11H,12-17H2,1H3,(H,24,25,28). The Balaban J connectivity index is 1.42. The van der Waals surface area contributed by atoms with E-state index in [9.17, 15) is 4.79 Å². The second kappa shape index (κ2) is 8.40. The fraction of sp³-hybridized carbons (Fsp3) is 0.304. The fourth-order valence-electron chi connectivity index (χ4n) is 3.71. The Morgan fingerprint density at radius 2 is 1.50 bits per heavy atom. The molecule has 0 saturated carbocycles. The highest BCUT2D eigenvalue weighted by Gasteiger charge is 2.20. The summed E-state index contributed by atoms with van der Waals surface area (Å²) in [5, 5.41) is 0. The van der Waals surface area contributed by atoms with Crippen molar-refractivity contribution in [3.05, 3.63) is 93.4 Å². The van der Waals surface area contributed by atoms with E-state index in [2.05, 4.69) is 39.0 Å². The number of H-pyrrole nitrogens is 1. The summed E-state index contributed by atoms with van der Waals surface area (Å²) in [6.07, 6.45) is 0.611. The molecule has 0 atom stereocenters. The van der Waals surface area contributed by atoms with Crippen LogP contribution in [0, 0.1) is 6.92 Å². The third kappa shape index (κ3) is 4.31. The highest BCUT2D eigenvalue weighted by atomic mass is 16.1. The van der Waals surface area contributed by atoms with Crippen molar-refractivity contribution >= 4 is 5.95 Å². The number of hydrogen-bond acceptors (Lipinski definition) is 4. The molecular formula is C23H26N4O. The number of aromatic nitrogens is 2. The molecule has 3 aromatic rings. The minimum Gasteiger partial charge on any atom is -0.340 e. The third-order valence-corrected chi connectivity index (χ3v) is 5.35. The summed E-state index contributed by atoms with van der Waals surface area (Å²) < 4.78 is 0. The smallest absolute Gasteiger partial charge is 0.256 e. The summed E-state index contributed by atoms with van der Waals surface area (Å²) >= 11 is 0. The maximum atomic E-state index is 12.7. The first-order valence-corrected chi connectivity index (χ1v) is 9.84. The predicted molar refractivity (Wildman–Crippen MR) is 113 cm³/mol. The van der Waals surface area contributed by atoms with Gasteiger partial charge in [-0.15, -0.1) is 0 Å². The Morgan fingerprint density at radius 1 is 0.893 bits per heavy atom. The lowest BCUT2D eigenvalue weighted by atomic mass is 10.1. The van der Waals surface area contributed by atoms with Crippen molar-refractivity contribution in [2.45, 2.75) is 19.9 Å². The molecule has 5 heteroatoms. The van der Waals surface area contributed by atoms with E-state index in [4.69, 9.17) is 4.98 Å². The zero-order valence-corrected chi connectivity index (χ0v) is 16.3. The van der Waals surface area contributed by atoms with Gasteiger partial charge in [0.2, 0.25) is 5.95 Å². The number of nitrogens with one attached hydrogen (secondary N) is 1. The molecule has 0 amide bonds. The second-order valence-electron chi connectivity index (χ2n) is 7.36. The number of hydrogen-bond donors (Lipinski definition) is 1. The maximum absolute atomic E-state index is 12.7. The normalized spacial score (nSPS) is 15.0. The van der Waals surface area contributed by atoms with Gasteiger partial charge in [0.1, 0.15) is 0 Å². The molecular weight excluding hydrogens is 348 g/mol. The Kier molecular flexibility index (Phi) is 5.53. The molecule has 0 spiro atoms. The number of rotatable bonds is 5. The molecule has 4 rings (SSSR count). The van der Waals surface area contributed by atoms with E-state index in [-0.39, 0.29) is 5.56 Å². The first kappa shape index (κ1) is 18.4. The Morgan fingerprint density at radius 3 is 2.11 bits per heavy atom. The Hall–Kier alpha value is -2.92. The number of piperazine rings is 1. The lowest BCUT2D eigenvalue weighted by Crippen LogP contribution is -2.47. The van der Waals surface area contributed by atoms with Gasteiger partial charge in [0.05, 0.1) is 5.69 Å². The quantitative estimate of drug-likeness (QED) is 0.746. The van der Waals surface area contributed by atoms with Crippen molar-refractivity contribution in [3.8, 4) is 0 Å². The zero-order valence-electron chi connectivity index (χ0n) is 16.3. The molecule has 1 N–H and O–H groups in total. The molecule has 0 unspecified atom stereocenters. The summed E-state index contributed by atoms with van der Waals surface area (Å²) in [6.45, 7) is 6.56. The van der Waals surface area contributed by atoms with Crippen LogP contribution in [0.5, 0.6) is 0 Å². The van der Waals surface area contributed by atoms with Gasteiger partial charge in [-0.25, -0.2) is 4.98 Å². The molecule has 0 aliphatic carbocycles. The average molecular weight is 374 g/mol. The van der Waals surface area contributed by atoms with Crippen molar-refractivity contribution < 1.29 is 0 Å². The van der Waals surface area contributed by atoms with Crippen LogP contribution in [-0.2, 0) is 13.0 Å².